The fourth-order valence-electron chi connectivity index (χ4n) is 5.59. The van der Waals surface area contributed by atoms with E-state index in [0.29, 0.717) is 31.3 Å². The van der Waals surface area contributed by atoms with Crippen LogP contribution in [0.25, 0.3) is 0 Å². The Bertz CT molecular complexity index is 1570. The van der Waals surface area contributed by atoms with Crippen LogP contribution in [0.3, 0.4) is 0 Å². The predicted octanol–water partition coefficient (Wildman–Crippen LogP) is 7.32. The number of nitrogens with zero attached hydrogens (tertiary/aromatic N) is 3. The molecule has 1 atom stereocenters. The summed E-state index contributed by atoms with van der Waals surface area (Å²) < 4.78 is 17.3. The predicted molar refractivity (Wildman–Crippen MR) is 167 cm³/mol. The minimum absolute atomic E-state index is 0.0316. The van der Waals surface area contributed by atoms with E-state index in [-0.39, 0.29) is 12.1 Å². The number of carbonyl (C=O) groups is 1. The highest BCUT2D eigenvalue weighted by atomic mass is 16.6. The van der Waals surface area contributed by atoms with E-state index in [9.17, 15) is 4.79 Å². The van der Waals surface area contributed by atoms with Gasteiger partial charge in [0.25, 0.3) is 0 Å². The molecular formula is C36H37N3O4. The fourth-order valence-corrected chi connectivity index (χ4v) is 5.59. The first-order chi connectivity index (χ1) is 20.8. The minimum Gasteiger partial charge on any atom is -0.486 e. The summed E-state index contributed by atoms with van der Waals surface area (Å²) in [5.74, 6) is 1.29. The van der Waals surface area contributed by atoms with Crippen molar-refractivity contribution in [1.29, 1.82) is 0 Å². The van der Waals surface area contributed by atoms with Crippen molar-refractivity contribution in [3.8, 4) is 11.5 Å². The SMILES string of the molecule is CC(C)(C)OC(=O)N(Cc1cc2c(cn1)OCCO2)C1CCc2cc(N=C(c3ccccc3)c3ccccc3)ccc2C1. The topological polar surface area (TPSA) is 73.2 Å². The lowest BCUT2D eigenvalue weighted by Crippen LogP contribution is -2.45. The lowest BCUT2D eigenvalue weighted by Gasteiger charge is -2.36. The van der Waals surface area contributed by atoms with E-state index >= 15 is 0 Å². The Morgan fingerprint density at radius 3 is 2.26 bits per heavy atom. The molecule has 7 nitrogen and oxygen atoms in total. The Kier molecular flexibility index (Phi) is 8.14. The maximum atomic E-state index is 13.5. The minimum atomic E-state index is -0.607. The van der Waals surface area contributed by atoms with Crippen LogP contribution in [0.1, 0.15) is 55.1 Å². The van der Waals surface area contributed by atoms with Gasteiger partial charge in [0.1, 0.15) is 18.8 Å². The number of aryl methyl sites for hydroxylation is 1. The van der Waals surface area contributed by atoms with E-state index in [1.165, 1.54) is 11.1 Å². The van der Waals surface area contributed by atoms with E-state index in [0.717, 1.165) is 47.5 Å². The van der Waals surface area contributed by atoms with Crippen molar-refractivity contribution in [2.24, 2.45) is 4.99 Å². The molecule has 7 heteroatoms. The van der Waals surface area contributed by atoms with Gasteiger partial charge in [-0.2, -0.15) is 0 Å². The molecule has 0 fully saturated rings. The molecule has 2 aliphatic rings. The number of aromatic nitrogens is 1. The van der Waals surface area contributed by atoms with Gasteiger partial charge in [-0.25, -0.2) is 9.79 Å². The molecule has 0 saturated heterocycles. The summed E-state index contributed by atoms with van der Waals surface area (Å²) in [6.07, 6.45) is 3.72. The molecule has 220 valence electrons. The Morgan fingerprint density at radius 2 is 1.58 bits per heavy atom. The van der Waals surface area contributed by atoms with Crippen molar-refractivity contribution in [2.75, 3.05) is 13.2 Å². The molecule has 4 aromatic rings. The molecule has 1 aliphatic carbocycles. The highest BCUT2D eigenvalue weighted by Gasteiger charge is 2.32. The monoisotopic (exact) mass is 575 g/mol. The first kappa shape index (κ1) is 28.5. The van der Waals surface area contributed by atoms with Crippen LogP contribution in [0.4, 0.5) is 10.5 Å². The molecule has 0 spiro atoms. The second kappa shape index (κ2) is 12.3. The van der Waals surface area contributed by atoms with E-state index in [1.54, 1.807) is 6.20 Å². The molecule has 43 heavy (non-hydrogen) atoms. The summed E-state index contributed by atoms with van der Waals surface area (Å²) in [7, 11) is 0. The number of benzene rings is 3. The summed E-state index contributed by atoms with van der Waals surface area (Å²) in [5.41, 5.74) is 6.63. The lowest BCUT2D eigenvalue weighted by atomic mass is 9.87. The second-order valence-electron chi connectivity index (χ2n) is 12.0. The van der Waals surface area contributed by atoms with Gasteiger partial charge < -0.3 is 14.2 Å². The van der Waals surface area contributed by atoms with Crippen molar-refractivity contribution < 1.29 is 19.0 Å². The van der Waals surface area contributed by atoms with Crippen LogP contribution in [-0.4, -0.2) is 46.5 Å². The van der Waals surface area contributed by atoms with Crippen LogP contribution in [0, 0.1) is 0 Å². The van der Waals surface area contributed by atoms with Gasteiger partial charge in [-0.1, -0.05) is 66.7 Å². The highest BCUT2D eigenvalue weighted by molar-refractivity contribution is 6.13. The van der Waals surface area contributed by atoms with Crippen LogP contribution < -0.4 is 9.47 Å². The average molecular weight is 576 g/mol. The van der Waals surface area contributed by atoms with Gasteiger partial charge in [-0.3, -0.25) is 9.88 Å². The molecule has 1 amide bonds. The van der Waals surface area contributed by atoms with Gasteiger partial charge in [0.15, 0.2) is 11.5 Å². The number of hydrogen-bond donors (Lipinski definition) is 0. The van der Waals surface area contributed by atoms with E-state index < -0.39 is 5.60 Å². The number of amides is 1. The summed E-state index contributed by atoms with van der Waals surface area (Å²) in [4.78, 5) is 25.0. The van der Waals surface area contributed by atoms with Crippen molar-refractivity contribution >= 4 is 17.5 Å². The Balaban J connectivity index is 1.26. The van der Waals surface area contributed by atoms with Crippen LogP contribution in [-0.2, 0) is 24.1 Å². The first-order valence-electron chi connectivity index (χ1n) is 14.9. The maximum Gasteiger partial charge on any atom is 0.410 e. The smallest absolute Gasteiger partial charge is 0.410 e. The Morgan fingerprint density at radius 1 is 0.907 bits per heavy atom. The molecule has 1 unspecified atom stereocenters. The first-order valence-corrected chi connectivity index (χ1v) is 14.9. The number of fused-ring (bicyclic) bond motifs is 2. The third-order valence-electron chi connectivity index (χ3n) is 7.62. The van der Waals surface area contributed by atoms with Crippen LogP contribution in [0.5, 0.6) is 11.5 Å². The zero-order valence-corrected chi connectivity index (χ0v) is 25.0. The van der Waals surface area contributed by atoms with Crippen molar-refractivity contribution in [3.63, 3.8) is 0 Å². The quantitative estimate of drug-likeness (QED) is 0.225. The number of hydrogen-bond acceptors (Lipinski definition) is 6. The second-order valence-corrected chi connectivity index (χ2v) is 12.0. The number of carbonyl (C=O) groups excluding carboxylic acids is 1. The van der Waals surface area contributed by atoms with Crippen LogP contribution in [0.15, 0.2) is 96.1 Å². The molecule has 0 bridgehead atoms. The van der Waals surface area contributed by atoms with E-state index in [4.69, 9.17) is 19.2 Å². The molecule has 1 aliphatic heterocycles. The van der Waals surface area contributed by atoms with Gasteiger partial charge >= 0.3 is 6.09 Å². The van der Waals surface area contributed by atoms with Gasteiger partial charge in [0.2, 0.25) is 0 Å². The number of rotatable bonds is 6. The van der Waals surface area contributed by atoms with Crippen LogP contribution in [0.2, 0.25) is 0 Å². The number of aliphatic imine (C=N–C) groups is 1. The standard InChI is InChI=1S/C36H37N3O4/c1-36(2,3)43-35(40)39(24-30-22-32-33(23-37-30)42-19-18-41-32)31-17-15-27-20-29(16-14-28(27)21-31)38-34(25-10-6-4-7-11-25)26-12-8-5-9-13-26/h4-14,16,20,22-23,31H,15,17-19,21,24H2,1-3H3. The highest BCUT2D eigenvalue weighted by Crippen LogP contribution is 2.33. The van der Waals surface area contributed by atoms with Crippen molar-refractivity contribution in [2.45, 2.75) is 58.2 Å². The molecule has 1 aromatic heterocycles. The maximum absolute atomic E-state index is 13.5. The molecule has 6 rings (SSSR count). The zero-order chi connectivity index (χ0) is 29.8. The average Bonchev–Trinajstić information content (AvgIpc) is 3.02. The lowest BCUT2D eigenvalue weighted by molar-refractivity contribution is 0.0121. The largest absolute Gasteiger partial charge is 0.486 e. The summed E-state index contributed by atoms with van der Waals surface area (Å²) in [5, 5.41) is 0. The van der Waals surface area contributed by atoms with Gasteiger partial charge in [0, 0.05) is 23.2 Å². The molecular weight excluding hydrogens is 538 g/mol. The number of pyridine rings is 1. The summed E-state index contributed by atoms with van der Waals surface area (Å²) in [6, 6.07) is 28.8. The van der Waals surface area contributed by atoms with E-state index in [1.807, 2.05) is 68.1 Å². The zero-order valence-electron chi connectivity index (χ0n) is 25.0. The molecule has 2 heterocycles. The molecule has 0 radical (unpaired) electrons. The van der Waals surface area contributed by atoms with Crippen LogP contribution >= 0.6 is 0 Å². The normalized spacial score (nSPS) is 15.7. The van der Waals surface area contributed by atoms with E-state index in [2.05, 4.69) is 47.4 Å². The van der Waals surface area contributed by atoms with Crippen molar-refractivity contribution in [3.05, 3.63) is 119 Å². The van der Waals surface area contributed by atoms with Crippen molar-refractivity contribution in [1.82, 2.24) is 9.88 Å². The van der Waals surface area contributed by atoms with Gasteiger partial charge in [0.05, 0.1) is 29.8 Å². The molecule has 0 saturated carbocycles. The summed E-state index contributed by atoms with van der Waals surface area (Å²) in [6.45, 7) is 7.00. The Hall–Kier alpha value is -4.65. The number of ether oxygens (including phenoxy) is 3. The van der Waals surface area contributed by atoms with Gasteiger partial charge in [-0.15, -0.1) is 0 Å². The third-order valence-corrected chi connectivity index (χ3v) is 7.62. The third kappa shape index (κ3) is 6.88. The molecule has 0 N–H and O–H groups in total. The summed E-state index contributed by atoms with van der Waals surface area (Å²) >= 11 is 0. The molecule has 3 aromatic carbocycles. The van der Waals surface area contributed by atoms with Gasteiger partial charge in [-0.05, 0) is 63.3 Å². The Labute approximate surface area is 253 Å². The fraction of sp³-hybridized carbons (Fsp3) is 0.306.